The number of alkyl halides is 3. The normalized spacial score (nSPS) is 13.7. The van der Waals surface area contributed by atoms with Crippen molar-refractivity contribution in [1.29, 1.82) is 0 Å². The fraction of sp³-hybridized carbons (Fsp3) is 0.917. The van der Waals surface area contributed by atoms with Crippen LogP contribution in [0, 0.1) is 11.8 Å². The third-order valence-electron chi connectivity index (χ3n) is 2.69. The zero-order valence-electron chi connectivity index (χ0n) is 11.4. The predicted octanol–water partition coefficient (Wildman–Crippen LogP) is 1.38. The van der Waals surface area contributed by atoms with Crippen LogP contribution >= 0.6 is 0 Å². The third-order valence-corrected chi connectivity index (χ3v) is 2.69. The van der Waals surface area contributed by atoms with Gasteiger partial charge in [0.25, 0.3) is 0 Å². The van der Waals surface area contributed by atoms with Crippen LogP contribution in [0.3, 0.4) is 0 Å². The first-order valence-corrected chi connectivity index (χ1v) is 6.35. The molecule has 3 N–H and O–H groups in total. The smallest absolute Gasteiger partial charge is 0.395 e. The zero-order valence-corrected chi connectivity index (χ0v) is 11.4. The number of amides is 1. The highest BCUT2D eigenvalue weighted by Gasteiger charge is 2.33. The summed E-state index contributed by atoms with van der Waals surface area (Å²) in [7, 11) is 0. The molecule has 0 bridgehead atoms. The van der Waals surface area contributed by atoms with Crippen molar-refractivity contribution in [3.8, 4) is 0 Å². The summed E-state index contributed by atoms with van der Waals surface area (Å²) in [5, 5.41) is 8.73. The van der Waals surface area contributed by atoms with Crippen molar-refractivity contribution < 1.29 is 23.1 Å². The summed E-state index contributed by atoms with van der Waals surface area (Å²) in [6.07, 6.45) is -3.77. The predicted molar refractivity (Wildman–Crippen MR) is 66.3 cm³/mol. The fourth-order valence-electron chi connectivity index (χ4n) is 1.93. The van der Waals surface area contributed by atoms with Crippen molar-refractivity contribution in [3.05, 3.63) is 0 Å². The van der Waals surface area contributed by atoms with E-state index in [1.54, 1.807) is 0 Å². The Labute approximate surface area is 111 Å². The number of aliphatic hydroxyl groups excluding tert-OH is 1. The van der Waals surface area contributed by atoms with Gasteiger partial charge in [0.1, 0.15) is 6.54 Å². The van der Waals surface area contributed by atoms with Crippen LogP contribution in [0.25, 0.3) is 0 Å². The topological polar surface area (TPSA) is 66.6 Å². The molecule has 0 heterocycles. The average Bonchev–Trinajstić information content (AvgIpc) is 2.25. The van der Waals surface area contributed by atoms with E-state index < -0.39 is 25.2 Å². The first-order chi connectivity index (χ1) is 8.69. The molecule has 0 aliphatic rings. The van der Waals surface area contributed by atoms with Crippen LogP contribution in [0.5, 0.6) is 0 Å². The Kier molecular flexibility index (Phi) is 8.01. The monoisotopic (exact) mass is 284 g/mol. The van der Waals surface area contributed by atoms with Crippen LogP contribution < -0.4 is 5.73 Å². The molecule has 0 aromatic heterocycles. The standard InChI is InChI=1S/C12H23F3N2O2/c1-9(2)5-10(7-16)6-11(19)17(3-4-18)8-12(13,14)15/h9-10,18H,3-8,16H2,1-2H3. The summed E-state index contributed by atoms with van der Waals surface area (Å²) in [6, 6.07) is 0. The van der Waals surface area contributed by atoms with Crippen molar-refractivity contribution in [1.82, 2.24) is 4.90 Å². The zero-order chi connectivity index (χ0) is 15.1. The number of hydrogen-bond donors (Lipinski definition) is 2. The lowest BCUT2D eigenvalue weighted by Crippen LogP contribution is -2.41. The minimum absolute atomic E-state index is 0.00917. The maximum atomic E-state index is 12.3. The molecule has 1 amide bonds. The summed E-state index contributed by atoms with van der Waals surface area (Å²) in [4.78, 5) is 12.5. The van der Waals surface area contributed by atoms with Crippen LogP contribution in [-0.2, 0) is 4.79 Å². The molecule has 1 atom stereocenters. The Morgan fingerprint density at radius 1 is 1.37 bits per heavy atom. The highest BCUT2D eigenvalue weighted by Crippen LogP contribution is 2.19. The van der Waals surface area contributed by atoms with Gasteiger partial charge in [-0.2, -0.15) is 13.2 Å². The number of halogens is 3. The van der Waals surface area contributed by atoms with Gasteiger partial charge >= 0.3 is 6.18 Å². The van der Waals surface area contributed by atoms with E-state index in [9.17, 15) is 18.0 Å². The lowest BCUT2D eigenvalue weighted by atomic mass is 9.94. The molecular formula is C12H23F3N2O2. The quantitative estimate of drug-likeness (QED) is 0.707. The summed E-state index contributed by atoms with van der Waals surface area (Å²) < 4.78 is 37.0. The van der Waals surface area contributed by atoms with E-state index in [-0.39, 0.29) is 25.4 Å². The third kappa shape index (κ3) is 8.83. The molecule has 4 nitrogen and oxygen atoms in total. The second kappa shape index (κ2) is 8.37. The number of nitrogens with two attached hydrogens (primary N) is 1. The van der Waals surface area contributed by atoms with E-state index in [2.05, 4.69) is 0 Å². The van der Waals surface area contributed by atoms with Crippen LogP contribution in [0.2, 0.25) is 0 Å². The van der Waals surface area contributed by atoms with E-state index in [1.165, 1.54) is 0 Å². The number of carbonyl (C=O) groups is 1. The lowest BCUT2D eigenvalue weighted by molar-refractivity contribution is -0.162. The SMILES string of the molecule is CC(C)CC(CN)CC(=O)N(CCO)CC(F)(F)F. The number of hydrogen-bond acceptors (Lipinski definition) is 3. The first-order valence-electron chi connectivity index (χ1n) is 6.35. The lowest BCUT2D eigenvalue weighted by Gasteiger charge is -2.25. The molecule has 0 aromatic rings. The molecule has 7 heteroatoms. The largest absolute Gasteiger partial charge is 0.406 e. The van der Waals surface area contributed by atoms with E-state index in [1.807, 2.05) is 13.8 Å². The minimum Gasteiger partial charge on any atom is -0.395 e. The van der Waals surface area contributed by atoms with E-state index in [4.69, 9.17) is 10.8 Å². The number of nitrogens with zero attached hydrogens (tertiary/aromatic N) is 1. The molecule has 0 spiro atoms. The number of rotatable bonds is 8. The average molecular weight is 284 g/mol. The summed E-state index contributed by atoms with van der Waals surface area (Å²) in [6.45, 7) is 2.08. The molecule has 0 radical (unpaired) electrons. The van der Waals surface area contributed by atoms with Crippen molar-refractivity contribution in [2.24, 2.45) is 17.6 Å². The minimum atomic E-state index is -4.46. The summed E-state index contributed by atoms with van der Waals surface area (Å²) in [5.74, 6) is -0.403. The highest BCUT2D eigenvalue weighted by atomic mass is 19.4. The molecule has 19 heavy (non-hydrogen) atoms. The van der Waals surface area contributed by atoms with E-state index >= 15 is 0 Å². The van der Waals surface area contributed by atoms with Gasteiger partial charge in [0.2, 0.25) is 5.91 Å². The van der Waals surface area contributed by atoms with Gasteiger partial charge in [-0.1, -0.05) is 13.8 Å². The first kappa shape index (κ1) is 18.2. The molecule has 0 saturated heterocycles. The van der Waals surface area contributed by atoms with Crippen LogP contribution in [0.4, 0.5) is 13.2 Å². The fourth-order valence-corrected chi connectivity index (χ4v) is 1.93. The molecular weight excluding hydrogens is 261 g/mol. The number of aliphatic hydroxyl groups is 1. The van der Waals surface area contributed by atoms with E-state index in [0.29, 0.717) is 17.2 Å². The van der Waals surface area contributed by atoms with Gasteiger partial charge in [0, 0.05) is 13.0 Å². The van der Waals surface area contributed by atoms with Crippen LogP contribution in [-0.4, -0.2) is 48.3 Å². The molecule has 0 rings (SSSR count). The Balaban J connectivity index is 4.53. The maximum Gasteiger partial charge on any atom is 0.406 e. The van der Waals surface area contributed by atoms with Crippen molar-refractivity contribution >= 4 is 5.91 Å². The van der Waals surface area contributed by atoms with Crippen molar-refractivity contribution in [2.45, 2.75) is 32.9 Å². The summed E-state index contributed by atoms with van der Waals surface area (Å²) >= 11 is 0. The molecule has 0 aliphatic heterocycles. The number of carbonyl (C=O) groups excluding carboxylic acids is 1. The Morgan fingerprint density at radius 3 is 2.32 bits per heavy atom. The second-order valence-electron chi connectivity index (χ2n) is 5.09. The van der Waals surface area contributed by atoms with Gasteiger partial charge in [-0.3, -0.25) is 4.79 Å². The Hall–Kier alpha value is -0.820. The maximum absolute atomic E-state index is 12.3. The molecule has 0 aliphatic carbocycles. The Morgan fingerprint density at radius 2 is 1.95 bits per heavy atom. The molecule has 114 valence electrons. The van der Waals surface area contributed by atoms with Gasteiger partial charge in [-0.15, -0.1) is 0 Å². The van der Waals surface area contributed by atoms with Gasteiger partial charge in [-0.05, 0) is 24.8 Å². The Bertz CT molecular complexity index is 270. The van der Waals surface area contributed by atoms with Crippen molar-refractivity contribution in [2.75, 3.05) is 26.2 Å². The van der Waals surface area contributed by atoms with E-state index in [0.717, 1.165) is 0 Å². The highest BCUT2D eigenvalue weighted by molar-refractivity contribution is 5.76. The van der Waals surface area contributed by atoms with Gasteiger partial charge in [0.15, 0.2) is 0 Å². The molecule has 0 saturated carbocycles. The molecule has 0 fully saturated rings. The van der Waals surface area contributed by atoms with Gasteiger partial charge in [-0.25, -0.2) is 0 Å². The second-order valence-corrected chi connectivity index (χ2v) is 5.09. The van der Waals surface area contributed by atoms with Crippen LogP contribution in [0.15, 0.2) is 0 Å². The van der Waals surface area contributed by atoms with Gasteiger partial charge in [0.05, 0.1) is 6.61 Å². The van der Waals surface area contributed by atoms with Crippen LogP contribution in [0.1, 0.15) is 26.7 Å². The molecule has 0 aromatic carbocycles. The summed E-state index contributed by atoms with van der Waals surface area (Å²) in [5.41, 5.74) is 5.53. The van der Waals surface area contributed by atoms with Crippen molar-refractivity contribution in [3.63, 3.8) is 0 Å². The molecule has 1 unspecified atom stereocenters. The van der Waals surface area contributed by atoms with Gasteiger partial charge < -0.3 is 15.7 Å².